The lowest BCUT2D eigenvalue weighted by molar-refractivity contribution is 0.246. The summed E-state index contributed by atoms with van der Waals surface area (Å²) in [6.45, 7) is 6.48. The number of aromatic nitrogens is 3. The number of nitrogens with zero attached hydrogens (tertiary/aromatic N) is 5. The minimum Gasteiger partial charge on any atom is -0.298 e. The molecule has 0 radical (unpaired) electrons. The third-order valence-corrected chi connectivity index (χ3v) is 5.91. The van der Waals surface area contributed by atoms with Gasteiger partial charge in [0.15, 0.2) is 0 Å². The largest absolute Gasteiger partial charge is 0.298 e. The minimum atomic E-state index is 0.590. The van der Waals surface area contributed by atoms with Gasteiger partial charge in [0.05, 0.1) is 0 Å². The predicted octanol–water partition coefficient (Wildman–Crippen LogP) is 3.63. The smallest absolute Gasteiger partial charge is 0.131 e. The monoisotopic (exact) mass is 365 g/mol. The average molecular weight is 366 g/mol. The van der Waals surface area contributed by atoms with Gasteiger partial charge in [0.25, 0.3) is 0 Å². The summed E-state index contributed by atoms with van der Waals surface area (Å²) in [6, 6.07) is 4.19. The molecule has 1 saturated heterocycles. The molecule has 2 aromatic rings. The Morgan fingerprint density at radius 3 is 2.15 bits per heavy atom. The summed E-state index contributed by atoms with van der Waals surface area (Å²) in [6.07, 6.45) is 15.7. The van der Waals surface area contributed by atoms with Crippen molar-refractivity contribution in [3.63, 3.8) is 0 Å². The highest BCUT2D eigenvalue weighted by Gasteiger charge is 2.19. The molecule has 1 saturated carbocycles. The van der Waals surface area contributed by atoms with E-state index in [9.17, 15) is 0 Å². The molecule has 1 aliphatic carbocycles. The lowest BCUT2D eigenvalue weighted by Crippen LogP contribution is -2.30. The van der Waals surface area contributed by atoms with Gasteiger partial charge in [-0.05, 0) is 44.0 Å². The molecule has 2 aromatic heterocycles. The van der Waals surface area contributed by atoms with Gasteiger partial charge in [-0.25, -0.2) is 9.97 Å². The van der Waals surface area contributed by atoms with Crippen LogP contribution in [0.5, 0.6) is 0 Å². The molecular formula is C22H31N5. The van der Waals surface area contributed by atoms with Gasteiger partial charge in [-0.2, -0.15) is 0 Å². The van der Waals surface area contributed by atoms with E-state index in [1.807, 2.05) is 18.5 Å². The molecule has 0 spiro atoms. The van der Waals surface area contributed by atoms with Crippen molar-refractivity contribution in [2.24, 2.45) is 0 Å². The fourth-order valence-electron chi connectivity index (χ4n) is 4.37. The molecule has 2 aliphatic rings. The Balaban J connectivity index is 1.28. The molecule has 2 fully saturated rings. The highest BCUT2D eigenvalue weighted by atomic mass is 15.2. The fourth-order valence-corrected chi connectivity index (χ4v) is 4.37. The Morgan fingerprint density at radius 2 is 1.48 bits per heavy atom. The van der Waals surface area contributed by atoms with Gasteiger partial charge in [0.1, 0.15) is 5.82 Å². The van der Waals surface area contributed by atoms with Crippen molar-refractivity contribution in [2.45, 2.75) is 57.5 Å². The van der Waals surface area contributed by atoms with Gasteiger partial charge < -0.3 is 0 Å². The Hall–Kier alpha value is -1.85. The van der Waals surface area contributed by atoms with Gasteiger partial charge in [-0.15, -0.1) is 0 Å². The quantitative estimate of drug-likeness (QED) is 0.810. The highest BCUT2D eigenvalue weighted by Crippen LogP contribution is 2.30. The molecule has 0 aromatic carbocycles. The van der Waals surface area contributed by atoms with Crippen LogP contribution in [-0.4, -0.2) is 50.9 Å². The second kappa shape index (κ2) is 9.38. The number of hydrogen-bond donors (Lipinski definition) is 0. The topological polar surface area (TPSA) is 45.2 Å². The van der Waals surface area contributed by atoms with E-state index in [-0.39, 0.29) is 0 Å². The summed E-state index contributed by atoms with van der Waals surface area (Å²) < 4.78 is 0. The molecule has 0 amide bonds. The van der Waals surface area contributed by atoms with Crippen LogP contribution in [0, 0.1) is 0 Å². The SMILES string of the molecule is c1cncc(CN2CCCN(Cc3cnc(C4CCCCC4)nc3)CC2)c1. The van der Waals surface area contributed by atoms with Gasteiger partial charge in [0, 0.05) is 62.4 Å². The van der Waals surface area contributed by atoms with Crippen molar-refractivity contribution in [1.29, 1.82) is 0 Å². The predicted molar refractivity (Wildman–Crippen MR) is 107 cm³/mol. The van der Waals surface area contributed by atoms with Gasteiger partial charge >= 0.3 is 0 Å². The molecule has 4 rings (SSSR count). The molecular weight excluding hydrogens is 334 g/mol. The van der Waals surface area contributed by atoms with E-state index in [0.717, 1.165) is 45.1 Å². The van der Waals surface area contributed by atoms with Crippen molar-refractivity contribution in [2.75, 3.05) is 26.2 Å². The maximum absolute atomic E-state index is 4.71. The van der Waals surface area contributed by atoms with Crippen molar-refractivity contribution in [1.82, 2.24) is 24.8 Å². The molecule has 0 unspecified atom stereocenters. The maximum atomic E-state index is 4.71. The molecule has 144 valence electrons. The second-order valence-corrected chi connectivity index (χ2v) is 8.05. The van der Waals surface area contributed by atoms with E-state index in [2.05, 4.69) is 33.2 Å². The molecule has 0 atom stereocenters. The molecule has 3 heterocycles. The zero-order valence-corrected chi connectivity index (χ0v) is 16.3. The number of hydrogen-bond acceptors (Lipinski definition) is 5. The van der Waals surface area contributed by atoms with E-state index in [0.29, 0.717) is 5.92 Å². The van der Waals surface area contributed by atoms with Crippen LogP contribution in [0.15, 0.2) is 36.9 Å². The number of rotatable bonds is 5. The summed E-state index contributed by atoms with van der Waals surface area (Å²) >= 11 is 0. The standard InChI is InChI=1S/C22H31N5/c1-2-7-21(8-3-1)22-24-15-20(16-25-22)18-27-11-5-10-26(12-13-27)17-19-6-4-9-23-14-19/h4,6,9,14-16,21H,1-3,5,7-8,10-13,17-18H2. The molecule has 5 heteroatoms. The van der Waals surface area contributed by atoms with E-state index in [1.54, 1.807) is 0 Å². The fraction of sp³-hybridized carbons (Fsp3) is 0.591. The highest BCUT2D eigenvalue weighted by molar-refractivity contribution is 5.09. The van der Waals surface area contributed by atoms with Crippen molar-refractivity contribution in [3.8, 4) is 0 Å². The van der Waals surface area contributed by atoms with Crippen LogP contribution >= 0.6 is 0 Å². The van der Waals surface area contributed by atoms with Gasteiger partial charge in [-0.3, -0.25) is 14.8 Å². The normalized spacial score (nSPS) is 20.4. The Bertz CT molecular complexity index is 682. The van der Waals surface area contributed by atoms with Crippen LogP contribution in [-0.2, 0) is 13.1 Å². The molecule has 0 bridgehead atoms. The zero-order valence-electron chi connectivity index (χ0n) is 16.3. The first-order chi connectivity index (χ1) is 13.4. The van der Waals surface area contributed by atoms with E-state index in [1.165, 1.54) is 49.7 Å². The van der Waals surface area contributed by atoms with Crippen molar-refractivity contribution >= 4 is 0 Å². The Morgan fingerprint density at radius 1 is 0.778 bits per heavy atom. The zero-order chi connectivity index (χ0) is 18.3. The van der Waals surface area contributed by atoms with E-state index in [4.69, 9.17) is 9.97 Å². The summed E-state index contributed by atoms with van der Waals surface area (Å²) in [7, 11) is 0. The third-order valence-electron chi connectivity index (χ3n) is 5.91. The molecule has 0 N–H and O–H groups in total. The summed E-state index contributed by atoms with van der Waals surface area (Å²) in [4.78, 5) is 18.7. The molecule has 5 nitrogen and oxygen atoms in total. The van der Waals surface area contributed by atoms with Crippen molar-refractivity contribution in [3.05, 3.63) is 53.9 Å². The van der Waals surface area contributed by atoms with Gasteiger partial charge in [-0.1, -0.05) is 25.3 Å². The lowest BCUT2D eigenvalue weighted by atomic mass is 9.89. The summed E-state index contributed by atoms with van der Waals surface area (Å²) in [5, 5.41) is 0. The molecule has 27 heavy (non-hydrogen) atoms. The van der Waals surface area contributed by atoms with E-state index < -0.39 is 0 Å². The first-order valence-corrected chi connectivity index (χ1v) is 10.5. The van der Waals surface area contributed by atoms with Gasteiger partial charge in [0.2, 0.25) is 0 Å². The first kappa shape index (κ1) is 18.5. The third kappa shape index (κ3) is 5.33. The average Bonchev–Trinajstić information content (AvgIpc) is 2.95. The number of pyridine rings is 1. The first-order valence-electron chi connectivity index (χ1n) is 10.5. The summed E-state index contributed by atoms with van der Waals surface area (Å²) in [5.41, 5.74) is 2.55. The minimum absolute atomic E-state index is 0.590. The van der Waals surface area contributed by atoms with Crippen LogP contribution < -0.4 is 0 Å². The Kier molecular flexibility index (Phi) is 6.43. The summed E-state index contributed by atoms with van der Waals surface area (Å²) in [5.74, 6) is 1.66. The van der Waals surface area contributed by atoms with Crippen LogP contribution in [0.25, 0.3) is 0 Å². The van der Waals surface area contributed by atoms with Crippen LogP contribution in [0.1, 0.15) is 61.4 Å². The van der Waals surface area contributed by atoms with Crippen LogP contribution in [0.3, 0.4) is 0 Å². The maximum Gasteiger partial charge on any atom is 0.131 e. The Labute approximate surface area is 162 Å². The molecule has 1 aliphatic heterocycles. The van der Waals surface area contributed by atoms with Crippen LogP contribution in [0.4, 0.5) is 0 Å². The van der Waals surface area contributed by atoms with E-state index >= 15 is 0 Å². The van der Waals surface area contributed by atoms with Crippen molar-refractivity contribution < 1.29 is 0 Å². The second-order valence-electron chi connectivity index (χ2n) is 8.05. The van der Waals surface area contributed by atoms with Crippen LogP contribution in [0.2, 0.25) is 0 Å². The lowest BCUT2D eigenvalue weighted by Gasteiger charge is -2.22.